The first-order valence-corrected chi connectivity index (χ1v) is 6.62. The molecule has 2 aromatic carbocycles. The van der Waals surface area contributed by atoms with E-state index in [4.69, 9.17) is 14.2 Å². The molecule has 0 aliphatic heterocycles. The third kappa shape index (κ3) is 3.56. The molecule has 0 N–H and O–H groups in total. The molecule has 0 spiro atoms. The molecule has 2 aromatic rings. The van der Waals surface area contributed by atoms with Gasteiger partial charge in [0, 0.05) is 24.3 Å². The highest BCUT2D eigenvalue weighted by molar-refractivity contribution is 9.10. The number of hydrogen-bond donors (Lipinski definition) is 0. The fourth-order valence-electron chi connectivity index (χ4n) is 1.74. The molecular formula is C15H15BrO3. The minimum Gasteiger partial charge on any atom is -0.457 e. The normalized spacial score (nSPS) is 10.7. The van der Waals surface area contributed by atoms with E-state index in [1.807, 2.05) is 48.5 Å². The zero-order valence-corrected chi connectivity index (χ0v) is 12.4. The van der Waals surface area contributed by atoms with Gasteiger partial charge in [0.25, 0.3) is 0 Å². The van der Waals surface area contributed by atoms with Crippen molar-refractivity contribution in [3.05, 3.63) is 58.6 Å². The van der Waals surface area contributed by atoms with Gasteiger partial charge in [0.05, 0.1) is 0 Å². The molecule has 0 unspecified atom stereocenters. The van der Waals surface area contributed by atoms with Crippen LogP contribution in [0.15, 0.2) is 53.0 Å². The lowest BCUT2D eigenvalue weighted by atomic mass is 10.2. The summed E-state index contributed by atoms with van der Waals surface area (Å²) >= 11 is 3.48. The van der Waals surface area contributed by atoms with Gasteiger partial charge >= 0.3 is 0 Å². The van der Waals surface area contributed by atoms with Crippen LogP contribution >= 0.6 is 15.9 Å². The number of ether oxygens (including phenoxy) is 3. The van der Waals surface area contributed by atoms with Crippen molar-refractivity contribution < 1.29 is 14.2 Å². The van der Waals surface area contributed by atoms with Crippen LogP contribution < -0.4 is 4.74 Å². The lowest BCUT2D eigenvalue weighted by Crippen LogP contribution is -2.04. The lowest BCUT2D eigenvalue weighted by Gasteiger charge is -2.16. The minimum absolute atomic E-state index is 0.423. The second-order valence-electron chi connectivity index (χ2n) is 3.90. The van der Waals surface area contributed by atoms with Gasteiger partial charge in [-0.25, -0.2) is 0 Å². The van der Waals surface area contributed by atoms with Crippen molar-refractivity contribution in [1.29, 1.82) is 0 Å². The van der Waals surface area contributed by atoms with Gasteiger partial charge in [0.15, 0.2) is 6.29 Å². The summed E-state index contributed by atoms with van der Waals surface area (Å²) < 4.78 is 17.2. The minimum atomic E-state index is -0.423. The van der Waals surface area contributed by atoms with Crippen LogP contribution in [0.3, 0.4) is 0 Å². The summed E-state index contributed by atoms with van der Waals surface area (Å²) in [5.74, 6) is 1.53. The SMILES string of the molecule is COC(OC)c1cc(Oc2ccccc2)ccc1Br. The van der Waals surface area contributed by atoms with Gasteiger partial charge in [-0.2, -0.15) is 0 Å². The van der Waals surface area contributed by atoms with E-state index in [2.05, 4.69) is 15.9 Å². The third-order valence-electron chi connectivity index (χ3n) is 2.63. The van der Waals surface area contributed by atoms with Gasteiger partial charge in [-0.3, -0.25) is 0 Å². The Morgan fingerprint density at radius 3 is 2.21 bits per heavy atom. The van der Waals surface area contributed by atoms with Crippen LogP contribution in [0, 0.1) is 0 Å². The van der Waals surface area contributed by atoms with Crippen molar-refractivity contribution in [2.45, 2.75) is 6.29 Å². The van der Waals surface area contributed by atoms with Crippen molar-refractivity contribution in [3.8, 4) is 11.5 Å². The number of benzene rings is 2. The van der Waals surface area contributed by atoms with E-state index in [0.717, 1.165) is 21.5 Å². The molecule has 0 aliphatic rings. The van der Waals surface area contributed by atoms with E-state index in [9.17, 15) is 0 Å². The second-order valence-corrected chi connectivity index (χ2v) is 4.76. The standard InChI is InChI=1S/C15H15BrO3/c1-17-15(18-2)13-10-12(8-9-14(13)16)19-11-6-4-3-5-7-11/h3-10,15H,1-2H3. The molecule has 19 heavy (non-hydrogen) atoms. The van der Waals surface area contributed by atoms with E-state index >= 15 is 0 Å². The molecule has 0 atom stereocenters. The zero-order chi connectivity index (χ0) is 13.7. The fourth-order valence-corrected chi connectivity index (χ4v) is 2.17. The quantitative estimate of drug-likeness (QED) is 0.757. The summed E-state index contributed by atoms with van der Waals surface area (Å²) in [6.45, 7) is 0. The lowest BCUT2D eigenvalue weighted by molar-refractivity contribution is -0.106. The Bertz CT molecular complexity index is 524. The van der Waals surface area contributed by atoms with Crippen molar-refractivity contribution in [1.82, 2.24) is 0 Å². The maximum Gasteiger partial charge on any atom is 0.184 e. The van der Waals surface area contributed by atoms with Crippen LogP contribution in [0.1, 0.15) is 11.9 Å². The Labute approximate surface area is 121 Å². The summed E-state index contributed by atoms with van der Waals surface area (Å²) in [7, 11) is 3.21. The summed E-state index contributed by atoms with van der Waals surface area (Å²) in [5.41, 5.74) is 0.887. The first-order chi connectivity index (χ1) is 9.24. The van der Waals surface area contributed by atoms with E-state index in [1.54, 1.807) is 14.2 Å². The molecular weight excluding hydrogens is 308 g/mol. The molecule has 2 rings (SSSR count). The van der Waals surface area contributed by atoms with E-state index in [-0.39, 0.29) is 0 Å². The Morgan fingerprint density at radius 1 is 0.895 bits per heavy atom. The predicted molar refractivity (Wildman–Crippen MR) is 77.4 cm³/mol. The van der Waals surface area contributed by atoms with Gasteiger partial charge in [-0.1, -0.05) is 34.1 Å². The second kappa shape index (κ2) is 6.70. The molecule has 0 saturated heterocycles. The van der Waals surface area contributed by atoms with E-state index in [1.165, 1.54) is 0 Å². The van der Waals surface area contributed by atoms with Gasteiger partial charge < -0.3 is 14.2 Å². The summed E-state index contributed by atoms with van der Waals surface area (Å²) in [6, 6.07) is 15.3. The monoisotopic (exact) mass is 322 g/mol. The van der Waals surface area contributed by atoms with Crippen LogP contribution in [0.2, 0.25) is 0 Å². The highest BCUT2D eigenvalue weighted by Crippen LogP contribution is 2.31. The molecule has 0 fully saturated rings. The Hall–Kier alpha value is -1.36. The largest absolute Gasteiger partial charge is 0.457 e. The maximum absolute atomic E-state index is 5.78. The highest BCUT2D eigenvalue weighted by atomic mass is 79.9. The Kier molecular flexibility index (Phi) is 4.96. The average molecular weight is 323 g/mol. The van der Waals surface area contributed by atoms with Crippen molar-refractivity contribution in [2.75, 3.05) is 14.2 Å². The van der Waals surface area contributed by atoms with Gasteiger partial charge in [-0.05, 0) is 30.3 Å². The highest BCUT2D eigenvalue weighted by Gasteiger charge is 2.14. The maximum atomic E-state index is 5.78. The number of hydrogen-bond acceptors (Lipinski definition) is 3. The van der Waals surface area contributed by atoms with Crippen LogP contribution in [-0.4, -0.2) is 14.2 Å². The molecule has 0 aromatic heterocycles. The summed E-state index contributed by atoms with van der Waals surface area (Å²) in [6.07, 6.45) is -0.423. The summed E-state index contributed by atoms with van der Waals surface area (Å²) in [5, 5.41) is 0. The van der Waals surface area contributed by atoms with Gasteiger partial charge in [0.1, 0.15) is 11.5 Å². The smallest absolute Gasteiger partial charge is 0.184 e. The average Bonchev–Trinajstić information content (AvgIpc) is 2.45. The number of rotatable bonds is 5. The third-order valence-corrected chi connectivity index (χ3v) is 3.35. The Morgan fingerprint density at radius 2 is 1.58 bits per heavy atom. The molecule has 100 valence electrons. The first-order valence-electron chi connectivity index (χ1n) is 5.82. The van der Waals surface area contributed by atoms with Crippen molar-refractivity contribution >= 4 is 15.9 Å². The molecule has 0 heterocycles. The molecule has 3 nitrogen and oxygen atoms in total. The van der Waals surface area contributed by atoms with Crippen molar-refractivity contribution in [3.63, 3.8) is 0 Å². The predicted octanol–water partition coefficient (Wildman–Crippen LogP) is 4.53. The molecule has 0 saturated carbocycles. The van der Waals surface area contributed by atoms with Crippen LogP contribution in [0.4, 0.5) is 0 Å². The number of methoxy groups -OCH3 is 2. The summed E-state index contributed by atoms with van der Waals surface area (Å²) in [4.78, 5) is 0. The zero-order valence-electron chi connectivity index (χ0n) is 10.8. The fraction of sp³-hybridized carbons (Fsp3) is 0.200. The molecule has 4 heteroatoms. The van der Waals surface area contributed by atoms with Crippen LogP contribution in [-0.2, 0) is 9.47 Å². The van der Waals surface area contributed by atoms with Crippen LogP contribution in [0.25, 0.3) is 0 Å². The molecule has 0 bridgehead atoms. The molecule has 0 amide bonds. The number of para-hydroxylation sites is 1. The Balaban J connectivity index is 2.26. The van der Waals surface area contributed by atoms with Gasteiger partial charge in [0.2, 0.25) is 0 Å². The van der Waals surface area contributed by atoms with Gasteiger partial charge in [-0.15, -0.1) is 0 Å². The van der Waals surface area contributed by atoms with Crippen LogP contribution in [0.5, 0.6) is 11.5 Å². The topological polar surface area (TPSA) is 27.7 Å². The first kappa shape index (κ1) is 14.1. The van der Waals surface area contributed by atoms with Crippen molar-refractivity contribution in [2.24, 2.45) is 0 Å². The van der Waals surface area contributed by atoms with E-state index in [0.29, 0.717) is 0 Å². The number of halogens is 1. The molecule has 0 radical (unpaired) electrons. The van der Waals surface area contributed by atoms with E-state index < -0.39 is 6.29 Å². The molecule has 0 aliphatic carbocycles.